The van der Waals surface area contributed by atoms with Crippen LogP contribution in [0.5, 0.6) is 0 Å². The van der Waals surface area contributed by atoms with Gasteiger partial charge in [-0.1, -0.05) is 0 Å². The van der Waals surface area contributed by atoms with E-state index in [4.69, 9.17) is 11.7 Å². The Balaban J connectivity index is 4.08. The molecule has 0 aliphatic carbocycles. The smallest absolute Gasteiger partial charge is 0.275 e. The Morgan fingerprint density at radius 3 is 2.00 bits per heavy atom. The monoisotopic (exact) mass is 146 g/mol. The van der Waals surface area contributed by atoms with E-state index < -0.39 is 11.6 Å². The first-order valence-electron chi connectivity index (χ1n) is 2.95. The topological polar surface area (TPSA) is 84.4 Å². The highest BCUT2D eigenvalue weighted by Gasteiger charge is 2.21. The first-order valence-corrected chi connectivity index (χ1v) is 2.95. The van der Waals surface area contributed by atoms with Gasteiger partial charge in [0.05, 0.1) is 5.54 Å². The molecule has 5 N–H and O–H groups in total. The third-order valence-electron chi connectivity index (χ3n) is 1.06. The highest BCUT2D eigenvalue weighted by Crippen LogP contribution is 2.06. The first-order chi connectivity index (χ1) is 4.39. The second-order valence-electron chi connectivity index (χ2n) is 2.99. The number of urea groups is 1. The van der Waals surface area contributed by atoms with Crippen LogP contribution in [0.1, 0.15) is 20.8 Å². The standard InChI is InChI=1S/C5H14N4O/c1-5(2,3)9(7)4(10)8-6/h6-7H2,1-3H3,(H,8,10). The zero-order chi connectivity index (χ0) is 8.36. The van der Waals surface area contributed by atoms with Gasteiger partial charge in [-0.15, -0.1) is 0 Å². The average molecular weight is 146 g/mol. The van der Waals surface area contributed by atoms with E-state index in [1.807, 2.05) is 26.2 Å². The molecule has 0 heterocycles. The number of rotatable bonds is 0. The molecule has 60 valence electrons. The molecular formula is C5H14N4O. The van der Waals surface area contributed by atoms with Crippen LogP contribution in [-0.4, -0.2) is 16.6 Å². The fraction of sp³-hybridized carbons (Fsp3) is 0.800. The van der Waals surface area contributed by atoms with E-state index in [2.05, 4.69) is 0 Å². The fourth-order valence-corrected chi connectivity index (χ4v) is 0.374. The lowest BCUT2D eigenvalue weighted by molar-refractivity contribution is 0.146. The summed E-state index contributed by atoms with van der Waals surface area (Å²) in [5.74, 6) is 10.2. The lowest BCUT2D eigenvalue weighted by Crippen LogP contribution is -2.56. The van der Waals surface area contributed by atoms with Crippen molar-refractivity contribution in [1.29, 1.82) is 0 Å². The van der Waals surface area contributed by atoms with E-state index in [0.29, 0.717) is 0 Å². The van der Waals surface area contributed by atoms with Gasteiger partial charge < -0.3 is 0 Å². The van der Waals surface area contributed by atoms with Crippen molar-refractivity contribution in [1.82, 2.24) is 10.4 Å². The summed E-state index contributed by atoms with van der Waals surface area (Å²) in [5, 5.41) is 1.03. The zero-order valence-corrected chi connectivity index (χ0v) is 6.51. The molecule has 10 heavy (non-hydrogen) atoms. The van der Waals surface area contributed by atoms with Gasteiger partial charge in [0.2, 0.25) is 0 Å². The molecule has 2 amide bonds. The molecule has 0 rings (SSSR count). The number of nitrogens with zero attached hydrogens (tertiary/aromatic N) is 1. The van der Waals surface area contributed by atoms with Crippen LogP contribution in [0, 0.1) is 0 Å². The van der Waals surface area contributed by atoms with Crippen molar-refractivity contribution < 1.29 is 4.79 Å². The average Bonchev–Trinajstić information content (AvgIpc) is 1.83. The summed E-state index contributed by atoms with van der Waals surface area (Å²) in [5.41, 5.74) is 1.53. The van der Waals surface area contributed by atoms with Crippen LogP contribution in [-0.2, 0) is 0 Å². The molecule has 0 aromatic carbocycles. The Hall–Kier alpha value is -0.810. The number of hydrazine groups is 2. The van der Waals surface area contributed by atoms with E-state index in [9.17, 15) is 4.79 Å². The molecule has 5 nitrogen and oxygen atoms in total. The summed E-state index contributed by atoms with van der Waals surface area (Å²) in [6, 6.07) is -0.493. The third kappa shape index (κ3) is 2.20. The molecule has 0 aromatic rings. The Bertz CT molecular complexity index is 128. The van der Waals surface area contributed by atoms with E-state index in [-0.39, 0.29) is 0 Å². The van der Waals surface area contributed by atoms with Gasteiger partial charge in [-0.2, -0.15) is 0 Å². The van der Waals surface area contributed by atoms with Gasteiger partial charge in [-0.25, -0.2) is 16.5 Å². The normalized spacial score (nSPS) is 10.9. The highest BCUT2D eigenvalue weighted by molar-refractivity contribution is 5.73. The predicted octanol–water partition coefficient (Wildman–Crippen LogP) is -0.456. The maximum absolute atomic E-state index is 10.7. The lowest BCUT2D eigenvalue weighted by atomic mass is 10.1. The summed E-state index contributed by atoms with van der Waals surface area (Å²) in [4.78, 5) is 10.7. The molecule has 0 radical (unpaired) electrons. The van der Waals surface area contributed by atoms with E-state index in [1.165, 1.54) is 0 Å². The predicted molar refractivity (Wildman–Crippen MR) is 38.5 cm³/mol. The first kappa shape index (κ1) is 9.19. The summed E-state index contributed by atoms with van der Waals surface area (Å²) in [6.45, 7) is 5.42. The summed E-state index contributed by atoms with van der Waals surface area (Å²) in [6.07, 6.45) is 0. The van der Waals surface area contributed by atoms with Crippen molar-refractivity contribution in [3.8, 4) is 0 Å². The van der Waals surface area contributed by atoms with Crippen LogP contribution in [0.4, 0.5) is 4.79 Å². The van der Waals surface area contributed by atoms with E-state index >= 15 is 0 Å². The summed E-state index contributed by atoms with van der Waals surface area (Å²) < 4.78 is 0. The Kier molecular flexibility index (Phi) is 2.62. The molecule has 0 saturated heterocycles. The minimum atomic E-state index is -0.493. The summed E-state index contributed by atoms with van der Waals surface area (Å²) in [7, 11) is 0. The van der Waals surface area contributed by atoms with Gasteiger partial charge >= 0.3 is 6.03 Å². The minimum absolute atomic E-state index is 0.399. The van der Waals surface area contributed by atoms with E-state index in [0.717, 1.165) is 5.01 Å². The molecule has 0 bridgehead atoms. The molecule has 0 aromatic heterocycles. The molecule has 0 saturated carbocycles. The Morgan fingerprint density at radius 2 is 1.90 bits per heavy atom. The zero-order valence-electron chi connectivity index (χ0n) is 6.51. The van der Waals surface area contributed by atoms with Crippen LogP contribution in [0.2, 0.25) is 0 Å². The van der Waals surface area contributed by atoms with Crippen molar-refractivity contribution in [2.45, 2.75) is 26.3 Å². The van der Waals surface area contributed by atoms with Crippen molar-refractivity contribution >= 4 is 6.03 Å². The Labute approximate surface area is 60.3 Å². The van der Waals surface area contributed by atoms with Gasteiger partial charge in [0.25, 0.3) is 0 Å². The fourth-order valence-electron chi connectivity index (χ4n) is 0.374. The maximum Gasteiger partial charge on any atom is 0.346 e. The Morgan fingerprint density at radius 1 is 1.50 bits per heavy atom. The number of nitrogens with one attached hydrogen (secondary N) is 1. The number of carbonyl (C=O) groups is 1. The van der Waals surface area contributed by atoms with Gasteiger partial charge in [0, 0.05) is 0 Å². The van der Waals surface area contributed by atoms with Crippen LogP contribution < -0.4 is 17.1 Å². The van der Waals surface area contributed by atoms with Crippen molar-refractivity contribution in [3.05, 3.63) is 0 Å². The highest BCUT2D eigenvalue weighted by atomic mass is 16.2. The van der Waals surface area contributed by atoms with Crippen LogP contribution in [0.15, 0.2) is 0 Å². The van der Waals surface area contributed by atoms with Crippen LogP contribution in [0.25, 0.3) is 0 Å². The molecule has 0 aliphatic heterocycles. The number of hydrogen-bond acceptors (Lipinski definition) is 3. The number of hydrogen-bond donors (Lipinski definition) is 3. The van der Waals surface area contributed by atoms with Gasteiger partial charge in [0.15, 0.2) is 0 Å². The van der Waals surface area contributed by atoms with E-state index in [1.54, 1.807) is 0 Å². The molecule has 0 aliphatic rings. The SMILES string of the molecule is CC(C)(C)N(N)C(=O)NN. The summed E-state index contributed by atoms with van der Waals surface area (Å²) >= 11 is 0. The molecule has 5 heteroatoms. The molecule has 0 atom stereocenters. The molecule has 0 fully saturated rings. The minimum Gasteiger partial charge on any atom is -0.275 e. The molecule has 0 spiro atoms. The van der Waals surface area contributed by atoms with Crippen LogP contribution >= 0.6 is 0 Å². The second-order valence-corrected chi connectivity index (χ2v) is 2.99. The number of carbonyl (C=O) groups excluding carboxylic acids is 1. The van der Waals surface area contributed by atoms with Crippen molar-refractivity contribution in [2.24, 2.45) is 11.7 Å². The van der Waals surface area contributed by atoms with Crippen molar-refractivity contribution in [3.63, 3.8) is 0 Å². The van der Waals surface area contributed by atoms with Crippen LogP contribution in [0.3, 0.4) is 0 Å². The quantitative estimate of drug-likeness (QED) is 0.246. The molecule has 0 unspecified atom stereocenters. The van der Waals surface area contributed by atoms with Gasteiger partial charge in [0.1, 0.15) is 0 Å². The molecular weight excluding hydrogens is 132 g/mol. The van der Waals surface area contributed by atoms with Crippen molar-refractivity contribution in [2.75, 3.05) is 0 Å². The second kappa shape index (κ2) is 2.85. The van der Waals surface area contributed by atoms with Gasteiger partial charge in [-0.3, -0.25) is 10.4 Å². The lowest BCUT2D eigenvalue weighted by Gasteiger charge is -2.30. The maximum atomic E-state index is 10.7. The third-order valence-corrected chi connectivity index (χ3v) is 1.06. The number of nitrogens with two attached hydrogens (primary N) is 2. The van der Waals surface area contributed by atoms with Gasteiger partial charge in [-0.05, 0) is 20.8 Å². The number of amides is 2. The largest absolute Gasteiger partial charge is 0.346 e.